The number of rotatable bonds is 7. The van der Waals surface area contributed by atoms with Crippen molar-refractivity contribution in [1.29, 1.82) is 5.26 Å². The summed E-state index contributed by atoms with van der Waals surface area (Å²) >= 11 is 0. The van der Waals surface area contributed by atoms with Gasteiger partial charge in [0.2, 0.25) is 0 Å². The third-order valence-electron chi connectivity index (χ3n) is 4.54. The average molecular weight is 346 g/mol. The number of benzene rings is 1. The number of amides is 1. The van der Waals surface area contributed by atoms with E-state index in [1.165, 1.54) is 13.2 Å². The molecule has 1 aliphatic rings. The minimum Gasteiger partial charge on any atom is -0.493 e. The average Bonchev–Trinajstić information content (AvgIpc) is 2.65. The quantitative estimate of drug-likeness (QED) is 0.782. The molecule has 1 aromatic rings. The van der Waals surface area contributed by atoms with E-state index in [1.54, 1.807) is 12.1 Å². The number of ether oxygens (including phenoxy) is 2. The number of nitriles is 1. The van der Waals surface area contributed by atoms with Crippen LogP contribution in [0.4, 0.5) is 0 Å². The molecule has 0 heterocycles. The molecule has 0 saturated heterocycles. The van der Waals surface area contributed by atoms with E-state index in [-0.39, 0.29) is 13.2 Å². The van der Waals surface area contributed by atoms with E-state index >= 15 is 0 Å². The Kier molecular flexibility index (Phi) is 6.23. The van der Waals surface area contributed by atoms with Gasteiger partial charge in [-0.3, -0.25) is 9.59 Å². The Morgan fingerprint density at radius 1 is 1.28 bits per heavy atom. The largest absolute Gasteiger partial charge is 0.493 e. The lowest BCUT2D eigenvalue weighted by atomic mass is 9.74. The van der Waals surface area contributed by atoms with Crippen LogP contribution in [0.5, 0.6) is 11.5 Å². The van der Waals surface area contributed by atoms with Gasteiger partial charge in [-0.15, -0.1) is 0 Å². The third-order valence-corrected chi connectivity index (χ3v) is 4.54. The van der Waals surface area contributed by atoms with Gasteiger partial charge in [0.1, 0.15) is 0 Å². The lowest BCUT2D eigenvalue weighted by Gasteiger charge is -2.33. The fraction of sp³-hybridized carbons (Fsp3) is 0.500. The molecule has 0 aliphatic heterocycles. The van der Waals surface area contributed by atoms with Crippen LogP contribution in [0.3, 0.4) is 0 Å². The van der Waals surface area contributed by atoms with E-state index in [0.29, 0.717) is 29.9 Å². The Bertz CT molecular complexity index is 675. The second-order valence-electron chi connectivity index (χ2n) is 6.19. The lowest BCUT2D eigenvalue weighted by Crippen LogP contribution is -2.45. The van der Waals surface area contributed by atoms with Crippen molar-refractivity contribution in [1.82, 2.24) is 5.32 Å². The Labute approximate surface area is 146 Å². The molecule has 0 bridgehead atoms. The molecular formula is C18H22N2O5. The number of nitrogens with one attached hydrogen (secondary N) is 1. The normalized spacial score (nSPS) is 15.7. The van der Waals surface area contributed by atoms with Crippen molar-refractivity contribution in [3.8, 4) is 17.6 Å². The Morgan fingerprint density at radius 3 is 2.60 bits per heavy atom. The first-order valence-electron chi connectivity index (χ1n) is 8.22. The zero-order valence-electron chi connectivity index (χ0n) is 14.2. The fourth-order valence-corrected chi connectivity index (χ4v) is 3.01. The molecule has 7 nitrogen and oxygen atoms in total. The van der Waals surface area contributed by atoms with Crippen molar-refractivity contribution < 1.29 is 24.2 Å². The van der Waals surface area contributed by atoms with E-state index in [2.05, 4.69) is 5.32 Å². The van der Waals surface area contributed by atoms with Crippen LogP contribution in [0.2, 0.25) is 0 Å². The molecule has 1 saturated carbocycles. The number of carboxylic acid groups (broad SMARTS) is 1. The molecule has 1 amide bonds. The smallest absolute Gasteiger partial charge is 0.311 e. The number of carbonyl (C=O) groups is 2. The highest BCUT2D eigenvalue weighted by Gasteiger charge is 2.39. The van der Waals surface area contributed by atoms with Crippen molar-refractivity contribution in [2.45, 2.75) is 32.1 Å². The van der Waals surface area contributed by atoms with Crippen LogP contribution in [0.25, 0.3) is 0 Å². The topological polar surface area (TPSA) is 109 Å². The first-order chi connectivity index (χ1) is 12.0. The summed E-state index contributed by atoms with van der Waals surface area (Å²) in [5, 5.41) is 21.0. The van der Waals surface area contributed by atoms with Crippen molar-refractivity contribution in [2.75, 3.05) is 20.3 Å². The number of nitrogens with zero attached hydrogens (tertiary/aromatic N) is 1. The molecule has 0 atom stereocenters. The van der Waals surface area contributed by atoms with Crippen LogP contribution in [-0.2, 0) is 9.59 Å². The van der Waals surface area contributed by atoms with Crippen LogP contribution < -0.4 is 14.8 Å². The van der Waals surface area contributed by atoms with Crippen LogP contribution in [0.15, 0.2) is 18.2 Å². The Morgan fingerprint density at radius 2 is 2.00 bits per heavy atom. The Balaban J connectivity index is 1.90. The summed E-state index contributed by atoms with van der Waals surface area (Å²) in [6.45, 7) is -0.146. The summed E-state index contributed by atoms with van der Waals surface area (Å²) in [5.41, 5.74) is -0.450. The molecule has 1 aromatic carbocycles. The fourth-order valence-electron chi connectivity index (χ4n) is 3.01. The van der Waals surface area contributed by atoms with Gasteiger partial charge in [-0.25, -0.2) is 0 Å². The number of carboxylic acids is 1. The molecule has 0 radical (unpaired) electrons. The molecule has 0 unspecified atom stereocenters. The molecule has 25 heavy (non-hydrogen) atoms. The van der Waals surface area contributed by atoms with Gasteiger partial charge >= 0.3 is 5.97 Å². The summed E-state index contributed by atoms with van der Waals surface area (Å²) in [4.78, 5) is 23.6. The summed E-state index contributed by atoms with van der Waals surface area (Å²) in [7, 11) is 1.45. The van der Waals surface area contributed by atoms with Gasteiger partial charge in [-0.05, 0) is 25.0 Å². The predicted octanol–water partition coefficient (Wildman–Crippen LogP) is 2.10. The molecule has 1 aliphatic carbocycles. The van der Waals surface area contributed by atoms with Gasteiger partial charge in [0, 0.05) is 12.6 Å². The molecule has 0 aromatic heterocycles. The predicted molar refractivity (Wildman–Crippen MR) is 89.4 cm³/mol. The van der Waals surface area contributed by atoms with E-state index in [9.17, 15) is 14.7 Å². The standard InChI is InChI=1S/C18H22N2O5/c1-24-15-9-13(10-19)5-6-14(15)25-11-16(21)20-12-18(17(22)23)7-3-2-4-8-18/h5-6,9H,2-4,7-8,11-12H2,1H3,(H,20,21)(H,22,23). The molecule has 2 rings (SSSR count). The highest BCUT2D eigenvalue weighted by atomic mass is 16.5. The highest BCUT2D eigenvalue weighted by Crippen LogP contribution is 2.36. The molecule has 7 heteroatoms. The van der Waals surface area contributed by atoms with Crippen LogP contribution in [0, 0.1) is 16.7 Å². The van der Waals surface area contributed by atoms with Crippen LogP contribution in [-0.4, -0.2) is 37.2 Å². The maximum atomic E-state index is 12.0. The number of carbonyl (C=O) groups excluding carboxylic acids is 1. The van der Waals surface area contributed by atoms with Crippen LogP contribution in [0.1, 0.15) is 37.7 Å². The number of hydrogen-bond donors (Lipinski definition) is 2. The first kappa shape index (κ1) is 18.6. The molecule has 2 N–H and O–H groups in total. The Hall–Kier alpha value is -2.75. The number of hydrogen-bond acceptors (Lipinski definition) is 5. The monoisotopic (exact) mass is 346 g/mol. The highest BCUT2D eigenvalue weighted by molar-refractivity contribution is 5.80. The van der Waals surface area contributed by atoms with Gasteiger partial charge in [0.25, 0.3) is 5.91 Å². The SMILES string of the molecule is COc1cc(C#N)ccc1OCC(=O)NCC1(C(=O)O)CCCCC1. The van der Waals surface area contributed by atoms with Gasteiger partial charge in [-0.1, -0.05) is 19.3 Å². The minimum atomic E-state index is -0.875. The summed E-state index contributed by atoms with van der Waals surface area (Å²) in [6.07, 6.45) is 3.91. The second kappa shape index (κ2) is 8.38. The zero-order valence-corrected chi connectivity index (χ0v) is 14.2. The lowest BCUT2D eigenvalue weighted by molar-refractivity contribution is -0.151. The van der Waals surface area contributed by atoms with Crippen molar-refractivity contribution in [2.24, 2.45) is 5.41 Å². The van der Waals surface area contributed by atoms with Crippen molar-refractivity contribution in [3.05, 3.63) is 23.8 Å². The first-order valence-corrected chi connectivity index (χ1v) is 8.22. The summed E-state index contributed by atoms with van der Waals surface area (Å²) in [6, 6.07) is 6.64. The second-order valence-corrected chi connectivity index (χ2v) is 6.19. The van der Waals surface area contributed by atoms with Gasteiger partial charge < -0.3 is 19.9 Å². The summed E-state index contributed by atoms with van der Waals surface area (Å²) < 4.78 is 10.6. The third kappa shape index (κ3) is 4.63. The van der Waals surface area contributed by atoms with E-state index in [0.717, 1.165) is 19.3 Å². The maximum Gasteiger partial charge on any atom is 0.311 e. The van der Waals surface area contributed by atoms with E-state index < -0.39 is 17.3 Å². The molecule has 1 fully saturated rings. The number of aliphatic carboxylic acids is 1. The van der Waals surface area contributed by atoms with Gasteiger partial charge in [-0.2, -0.15) is 5.26 Å². The van der Waals surface area contributed by atoms with E-state index in [1.807, 2.05) is 6.07 Å². The maximum absolute atomic E-state index is 12.0. The number of methoxy groups -OCH3 is 1. The minimum absolute atomic E-state index is 0.106. The zero-order chi connectivity index (χ0) is 18.3. The van der Waals surface area contributed by atoms with Gasteiger partial charge in [0.15, 0.2) is 18.1 Å². The molecular weight excluding hydrogens is 324 g/mol. The van der Waals surface area contributed by atoms with E-state index in [4.69, 9.17) is 14.7 Å². The van der Waals surface area contributed by atoms with Crippen molar-refractivity contribution in [3.63, 3.8) is 0 Å². The molecule has 134 valence electrons. The van der Waals surface area contributed by atoms with Crippen LogP contribution >= 0.6 is 0 Å². The van der Waals surface area contributed by atoms with Gasteiger partial charge in [0.05, 0.1) is 24.2 Å². The van der Waals surface area contributed by atoms with Crippen molar-refractivity contribution >= 4 is 11.9 Å². The summed E-state index contributed by atoms with van der Waals surface area (Å²) in [5.74, 6) is -0.539. The molecule has 0 spiro atoms.